The third-order valence-corrected chi connectivity index (χ3v) is 6.38. The molecule has 0 bridgehead atoms. The van der Waals surface area contributed by atoms with Crippen molar-refractivity contribution < 1.29 is 14.2 Å². The highest BCUT2D eigenvalue weighted by Crippen LogP contribution is 2.31. The van der Waals surface area contributed by atoms with Crippen LogP contribution in [-0.4, -0.2) is 34.4 Å². The zero-order valence-corrected chi connectivity index (χ0v) is 19.6. The summed E-state index contributed by atoms with van der Waals surface area (Å²) >= 11 is 0. The molecule has 0 radical (unpaired) electrons. The van der Waals surface area contributed by atoms with E-state index in [2.05, 4.69) is 4.98 Å². The first-order valence-corrected chi connectivity index (χ1v) is 11.6. The van der Waals surface area contributed by atoms with E-state index in [0.717, 1.165) is 11.1 Å². The standard InChI is InChI=1S/C28H23N3O5/c1-34-24-5-3-2-4-19(24)17-31-11-9-23-21(28(31)33)15-20-22(29-23)8-10-30(27(20)32)16-18-6-7-25-26(14-18)36-13-12-35-25/h2-11,14-15H,12-13,16-17H2,1H3. The highest BCUT2D eigenvalue weighted by atomic mass is 16.6. The number of benzene rings is 2. The van der Waals surface area contributed by atoms with Gasteiger partial charge >= 0.3 is 0 Å². The molecule has 0 fully saturated rings. The first-order valence-electron chi connectivity index (χ1n) is 11.6. The van der Waals surface area contributed by atoms with E-state index in [1.807, 2.05) is 42.5 Å². The molecule has 36 heavy (non-hydrogen) atoms. The predicted octanol–water partition coefficient (Wildman–Crippen LogP) is 3.59. The van der Waals surface area contributed by atoms with Crippen molar-refractivity contribution in [2.75, 3.05) is 20.3 Å². The van der Waals surface area contributed by atoms with Crippen LogP contribution in [-0.2, 0) is 13.1 Å². The quantitative estimate of drug-likeness (QED) is 0.357. The Labute approximate surface area is 205 Å². The lowest BCUT2D eigenvalue weighted by atomic mass is 10.1. The van der Waals surface area contributed by atoms with Crippen molar-refractivity contribution in [2.45, 2.75) is 13.1 Å². The lowest BCUT2D eigenvalue weighted by Gasteiger charge is -2.19. The number of methoxy groups -OCH3 is 1. The van der Waals surface area contributed by atoms with Gasteiger partial charge in [-0.05, 0) is 42.0 Å². The molecule has 8 nitrogen and oxygen atoms in total. The Bertz CT molecular complexity index is 1740. The maximum Gasteiger partial charge on any atom is 0.260 e. The number of rotatable bonds is 5. The van der Waals surface area contributed by atoms with Gasteiger partial charge < -0.3 is 23.3 Å². The van der Waals surface area contributed by atoms with Crippen LogP contribution in [0.25, 0.3) is 21.8 Å². The van der Waals surface area contributed by atoms with Crippen molar-refractivity contribution in [1.82, 2.24) is 14.1 Å². The Morgan fingerprint density at radius 1 is 0.806 bits per heavy atom. The van der Waals surface area contributed by atoms with Crippen molar-refractivity contribution in [3.05, 3.63) is 105 Å². The summed E-state index contributed by atoms with van der Waals surface area (Å²) in [7, 11) is 1.61. The molecule has 180 valence electrons. The van der Waals surface area contributed by atoms with Gasteiger partial charge in [0.15, 0.2) is 11.5 Å². The smallest absolute Gasteiger partial charge is 0.260 e. The maximum absolute atomic E-state index is 13.4. The summed E-state index contributed by atoms with van der Waals surface area (Å²) in [6.45, 7) is 1.73. The van der Waals surface area contributed by atoms with Crippen LogP contribution < -0.4 is 25.3 Å². The molecule has 0 spiro atoms. The van der Waals surface area contributed by atoms with E-state index in [9.17, 15) is 9.59 Å². The fraction of sp³-hybridized carbons (Fsp3) is 0.179. The number of nitrogens with zero attached hydrogens (tertiary/aromatic N) is 3. The molecule has 3 aromatic heterocycles. The van der Waals surface area contributed by atoms with E-state index in [4.69, 9.17) is 14.2 Å². The number of ether oxygens (including phenoxy) is 3. The minimum Gasteiger partial charge on any atom is -0.496 e. The molecule has 0 atom stereocenters. The van der Waals surface area contributed by atoms with Gasteiger partial charge in [-0.3, -0.25) is 9.59 Å². The summed E-state index contributed by atoms with van der Waals surface area (Å²) in [5, 5.41) is 0.795. The van der Waals surface area contributed by atoms with Crippen LogP contribution in [0.3, 0.4) is 0 Å². The Morgan fingerprint density at radius 2 is 1.47 bits per heavy atom. The van der Waals surface area contributed by atoms with Gasteiger partial charge in [-0.2, -0.15) is 0 Å². The molecule has 6 rings (SSSR count). The van der Waals surface area contributed by atoms with E-state index in [1.54, 1.807) is 46.8 Å². The number of aromatic nitrogens is 3. The van der Waals surface area contributed by atoms with Crippen LogP contribution in [0, 0.1) is 0 Å². The Hall–Kier alpha value is -4.59. The molecule has 0 unspecified atom stereocenters. The lowest BCUT2D eigenvalue weighted by molar-refractivity contribution is 0.171. The van der Waals surface area contributed by atoms with E-state index in [0.29, 0.717) is 65.4 Å². The van der Waals surface area contributed by atoms with Crippen molar-refractivity contribution >= 4 is 21.8 Å². The summed E-state index contributed by atoms with van der Waals surface area (Å²) in [5.74, 6) is 2.09. The van der Waals surface area contributed by atoms with Crippen LogP contribution >= 0.6 is 0 Å². The number of para-hydroxylation sites is 1. The largest absolute Gasteiger partial charge is 0.496 e. The highest BCUT2D eigenvalue weighted by molar-refractivity contribution is 5.91. The molecule has 0 aliphatic carbocycles. The first kappa shape index (κ1) is 21.9. The number of hydrogen-bond acceptors (Lipinski definition) is 6. The van der Waals surface area contributed by atoms with Gasteiger partial charge in [0, 0.05) is 18.0 Å². The Morgan fingerprint density at radius 3 is 2.19 bits per heavy atom. The van der Waals surface area contributed by atoms with Gasteiger partial charge in [0.05, 0.1) is 42.0 Å². The topological polar surface area (TPSA) is 84.6 Å². The molecule has 0 saturated carbocycles. The third-order valence-electron chi connectivity index (χ3n) is 6.38. The van der Waals surface area contributed by atoms with Crippen LogP contribution in [0.2, 0.25) is 0 Å². The number of pyridine rings is 3. The average Bonchev–Trinajstić information content (AvgIpc) is 2.91. The van der Waals surface area contributed by atoms with Crippen LogP contribution in [0.4, 0.5) is 0 Å². The maximum atomic E-state index is 13.4. The first-order chi connectivity index (χ1) is 17.6. The van der Waals surface area contributed by atoms with Gasteiger partial charge in [0.25, 0.3) is 11.1 Å². The summed E-state index contributed by atoms with van der Waals surface area (Å²) in [6, 6.07) is 18.5. The Balaban J connectivity index is 1.39. The molecule has 0 amide bonds. The van der Waals surface area contributed by atoms with E-state index in [-0.39, 0.29) is 11.1 Å². The Kier molecular flexibility index (Phi) is 5.41. The van der Waals surface area contributed by atoms with Gasteiger partial charge in [-0.15, -0.1) is 0 Å². The van der Waals surface area contributed by atoms with Crippen LogP contribution in [0.1, 0.15) is 11.1 Å². The normalized spacial score (nSPS) is 12.7. The molecular formula is C28H23N3O5. The predicted molar refractivity (Wildman–Crippen MR) is 136 cm³/mol. The summed E-state index contributed by atoms with van der Waals surface area (Å²) in [6.07, 6.45) is 3.45. The van der Waals surface area contributed by atoms with Crippen molar-refractivity contribution in [1.29, 1.82) is 0 Å². The van der Waals surface area contributed by atoms with Crippen LogP contribution in [0.15, 0.2) is 82.6 Å². The van der Waals surface area contributed by atoms with E-state index in [1.165, 1.54) is 0 Å². The van der Waals surface area contributed by atoms with Crippen molar-refractivity contribution in [2.24, 2.45) is 0 Å². The minimum atomic E-state index is -0.213. The average molecular weight is 482 g/mol. The van der Waals surface area contributed by atoms with Crippen molar-refractivity contribution in [3.63, 3.8) is 0 Å². The molecule has 1 aliphatic rings. The lowest BCUT2D eigenvalue weighted by Crippen LogP contribution is -2.23. The molecule has 2 aromatic carbocycles. The van der Waals surface area contributed by atoms with Gasteiger partial charge in [0.2, 0.25) is 0 Å². The van der Waals surface area contributed by atoms with Gasteiger partial charge in [0.1, 0.15) is 19.0 Å². The van der Waals surface area contributed by atoms with Crippen molar-refractivity contribution in [3.8, 4) is 17.2 Å². The molecule has 0 saturated heterocycles. The zero-order valence-electron chi connectivity index (χ0n) is 19.6. The van der Waals surface area contributed by atoms with Gasteiger partial charge in [-0.1, -0.05) is 24.3 Å². The second kappa shape index (κ2) is 8.88. The molecule has 5 aromatic rings. The second-order valence-electron chi connectivity index (χ2n) is 8.64. The second-order valence-corrected chi connectivity index (χ2v) is 8.64. The number of fused-ring (bicyclic) bond motifs is 3. The fourth-order valence-electron chi connectivity index (χ4n) is 4.55. The monoisotopic (exact) mass is 481 g/mol. The molecule has 8 heteroatoms. The highest BCUT2D eigenvalue weighted by Gasteiger charge is 2.14. The fourth-order valence-corrected chi connectivity index (χ4v) is 4.55. The summed E-state index contributed by atoms with van der Waals surface area (Å²) in [5.41, 5.74) is 2.47. The summed E-state index contributed by atoms with van der Waals surface area (Å²) < 4.78 is 19.9. The molecule has 1 aliphatic heterocycles. The summed E-state index contributed by atoms with van der Waals surface area (Å²) in [4.78, 5) is 31.3. The van der Waals surface area contributed by atoms with E-state index >= 15 is 0 Å². The van der Waals surface area contributed by atoms with Crippen LogP contribution in [0.5, 0.6) is 17.2 Å². The van der Waals surface area contributed by atoms with Gasteiger partial charge in [-0.25, -0.2) is 4.98 Å². The molecule has 0 N–H and O–H groups in total. The molecular weight excluding hydrogens is 458 g/mol. The molecule has 4 heterocycles. The third kappa shape index (κ3) is 3.86. The SMILES string of the molecule is COc1ccccc1Cn1ccc2nc3ccn(Cc4ccc5c(c4)OCCO5)c(=O)c3cc2c1=O. The minimum absolute atomic E-state index is 0.212. The number of hydrogen-bond donors (Lipinski definition) is 0. The zero-order chi connectivity index (χ0) is 24.6. The van der Waals surface area contributed by atoms with E-state index < -0.39 is 0 Å².